The molecule has 0 aliphatic carbocycles. The van der Waals surface area contributed by atoms with Gasteiger partial charge >= 0.3 is 5.97 Å². The van der Waals surface area contributed by atoms with E-state index in [1.54, 1.807) is 0 Å². The molecule has 3 heteroatoms. The van der Waals surface area contributed by atoms with Gasteiger partial charge in [0, 0.05) is 5.20 Å². The third-order valence-electron chi connectivity index (χ3n) is 3.22. The lowest BCUT2D eigenvalue weighted by molar-refractivity contribution is -0.137. The van der Waals surface area contributed by atoms with Gasteiger partial charge in [-0.1, -0.05) is 47.2 Å². The summed E-state index contributed by atoms with van der Waals surface area (Å²) in [5.74, 6) is -0.156. The largest absolute Gasteiger partial charge is 0.463 e. The molecule has 1 aromatic carbocycles. The van der Waals surface area contributed by atoms with Crippen LogP contribution >= 0.6 is 0 Å². The Kier molecular flexibility index (Phi) is 6.29. The van der Waals surface area contributed by atoms with Gasteiger partial charge in [-0.2, -0.15) is 0 Å². The van der Waals surface area contributed by atoms with Crippen molar-refractivity contribution in [3.8, 4) is 0 Å². The molecule has 0 aliphatic rings. The average Bonchev–Trinajstić information content (AvgIpc) is 2.44. The molecule has 102 valence electrons. The highest BCUT2D eigenvalue weighted by molar-refractivity contribution is 6.66. The third kappa shape index (κ3) is 4.52. The molecule has 19 heavy (non-hydrogen) atoms. The van der Waals surface area contributed by atoms with Crippen LogP contribution in [0.4, 0.5) is 0 Å². The fourth-order valence-corrected chi connectivity index (χ4v) is 3.54. The zero-order valence-corrected chi connectivity index (χ0v) is 13.6. The molecule has 0 aromatic heterocycles. The molecule has 0 amide bonds. The van der Waals surface area contributed by atoms with E-state index < -0.39 is 9.52 Å². The second-order valence-electron chi connectivity index (χ2n) is 4.46. The summed E-state index contributed by atoms with van der Waals surface area (Å²) < 4.78 is 5.20. The van der Waals surface area contributed by atoms with E-state index in [0.29, 0.717) is 6.61 Å². The summed E-state index contributed by atoms with van der Waals surface area (Å²) in [5.41, 5.74) is 2.21. The number of hydrogen-bond acceptors (Lipinski definition) is 2. The van der Waals surface area contributed by atoms with Crippen LogP contribution in [0, 0.1) is 0 Å². The molecule has 0 spiro atoms. The number of hydrogen-bond donors (Lipinski definition) is 0. The van der Waals surface area contributed by atoms with Gasteiger partial charge in [0.1, 0.15) is 0 Å². The van der Waals surface area contributed by atoms with Crippen molar-refractivity contribution in [1.82, 2.24) is 0 Å². The predicted octanol–water partition coefficient (Wildman–Crippen LogP) is 2.28. The molecule has 1 rings (SSSR count). The molecule has 0 unspecified atom stereocenters. The third-order valence-corrected chi connectivity index (χ3v) is 5.27. The van der Waals surface area contributed by atoms with E-state index >= 15 is 0 Å². The van der Waals surface area contributed by atoms with Crippen LogP contribution in [-0.2, 0) is 9.53 Å². The van der Waals surface area contributed by atoms with Crippen LogP contribution in [0.3, 0.4) is 0 Å². The molecule has 0 fully saturated rings. The van der Waals surface area contributed by atoms with Gasteiger partial charge in [0.2, 0.25) is 0 Å². The number of carbonyl (C=O) groups excluding carboxylic acids is 1. The zero-order valence-electron chi connectivity index (χ0n) is 12.2. The van der Waals surface area contributed by atoms with Crippen molar-refractivity contribution >= 4 is 20.7 Å². The monoisotopic (exact) mass is 274 g/mol. The van der Waals surface area contributed by atoms with E-state index in [1.807, 2.05) is 52.0 Å². The molecule has 1 aromatic rings. The van der Waals surface area contributed by atoms with Crippen molar-refractivity contribution < 1.29 is 9.53 Å². The van der Waals surface area contributed by atoms with Gasteiger partial charge < -0.3 is 4.74 Å². The Bertz CT molecular complexity index is 487. The van der Waals surface area contributed by atoms with E-state index in [1.165, 1.54) is 5.19 Å². The molecule has 0 radical (unpaired) electrons. The lowest BCUT2D eigenvalue weighted by Crippen LogP contribution is -2.24. The number of allylic oxidation sites excluding steroid dienone is 3. The molecule has 2 nitrogen and oxygen atoms in total. The van der Waals surface area contributed by atoms with Crippen molar-refractivity contribution in [1.29, 1.82) is 0 Å². The first-order chi connectivity index (χ1) is 9.10. The standard InChI is InChI=1S/C16H22O2Si/c1-5-12(3)13(4)15(16(17)18-6-2)19-14-10-8-7-9-11-14/h5,7-11H,6,19H2,1-4H3/b12-5+,15-13-. The lowest BCUT2D eigenvalue weighted by atomic mass is 10.1. The quantitative estimate of drug-likeness (QED) is 0.356. The lowest BCUT2D eigenvalue weighted by Gasteiger charge is -2.12. The zero-order chi connectivity index (χ0) is 14.3. The Labute approximate surface area is 118 Å². The predicted molar refractivity (Wildman–Crippen MR) is 83.4 cm³/mol. The normalized spacial score (nSPS) is 13.6. The first-order valence-corrected chi connectivity index (χ1v) is 8.05. The van der Waals surface area contributed by atoms with Crippen molar-refractivity contribution in [2.24, 2.45) is 0 Å². The summed E-state index contributed by atoms with van der Waals surface area (Å²) >= 11 is 0. The van der Waals surface area contributed by atoms with Crippen LogP contribution < -0.4 is 5.19 Å². The van der Waals surface area contributed by atoms with Crippen molar-refractivity contribution in [3.63, 3.8) is 0 Å². The Morgan fingerprint density at radius 1 is 1.26 bits per heavy atom. The molecule has 0 atom stereocenters. The molecule has 0 saturated carbocycles. The van der Waals surface area contributed by atoms with E-state index in [4.69, 9.17) is 4.74 Å². The van der Waals surface area contributed by atoms with Gasteiger partial charge in [0.05, 0.1) is 16.1 Å². The number of carbonyl (C=O) groups is 1. The number of esters is 1. The highest BCUT2D eigenvalue weighted by Gasteiger charge is 2.15. The van der Waals surface area contributed by atoms with Gasteiger partial charge in [-0.05, 0) is 33.3 Å². The fraction of sp³-hybridized carbons (Fsp3) is 0.312. The average molecular weight is 274 g/mol. The molecule has 0 N–H and O–H groups in total. The summed E-state index contributed by atoms with van der Waals surface area (Å²) in [6.07, 6.45) is 2.04. The van der Waals surface area contributed by atoms with Crippen LogP contribution in [0.15, 0.2) is 52.8 Å². The summed E-state index contributed by atoms with van der Waals surface area (Å²) in [6, 6.07) is 10.2. The highest BCUT2D eigenvalue weighted by Crippen LogP contribution is 2.14. The molecular weight excluding hydrogens is 252 g/mol. The molecule has 0 bridgehead atoms. The number of ether oxygens (including phenoxy) is 1. The Hall–Kier alpha value is -1.61. The summed E-state index contributed by atoms with van der Waals surface area (Å²) in [5, 5.41) is 2.14. The maximum Gasteiger partial charge on any atom is 0.329 e. The van der Waals surface area contributed by atoms with Crippen LogP contribution in [-0.4, -0.2) is 22.1 Å². The summed E-state index contributed by atoms with van der Waals surface area (Å²) in [7, 11) is -0.801. The molecular formula is C16H22O2Si. The Morgan fingerprint density at radius 2 is 1.89 bits per heavy atom. The van der Waals surface area contributed by atoms with Gasteiger partial charge in [-0.15, -0.1) is 0 Å². The van der Waals surface area contributed by atoms with Gasteiger partial charge in [0.15, 0.2) is 0 Å². The van der Waals surface area contributed by atoms with Crippen LogP contribution in [0.1, 0.15) is 27.7 Å². The van der Waals surface area contributed by atoms with E-state index in [-0.39, 0.29) is 5.97 Å². The summed E-state index contributed by atoms with van der Waals surface area (Å²) in [6.45, 7) is 8.31. The maximum absolute atomic E-state index is 12.1. The minimum absolute atomic E-state index is 0.156. The second kappa shape index (κ2) is 7.74. The second-order valence-corrected chi connectivity index (χ2v) is 6.34. The molecule has 0 saturated heterocycles. The van der Waals surface area contributed by atoms with Gasteiger partial charge in [-0.3, -0.25) is 0 Å². The van der Waals surface area contributed by atoms with E-state index in [0.717, 1.165) is 16.3 Å². The topological polar surface area (TPSA) is 26.3 Å². The van der Waals surface area contributed by atoms with Crippen molar-refractivity contribution in [2.75, 3.05) is 6.61 Å². The van der Waals surface area contributed by atoms with Crippen molar-refractivity contribution in [3.05, 3.63) is 52.8 Å². The first-order valence-electron chi connectivity index (χ1n) is 6.64. The molecule has 0 aliphatic heterocycles. The van der Waals surface area contributed by atoms with Crippen LogP contribution in [0.2, 0.25) is 0 Å². The highest BCUT2D eigenvalue weighted by atomic mass is 28.2. The first kappa shape index (κ1) is 15.4. The summed E-state index contributed by atoms with van der Waals surface area (Å²) in [4.78, 5) is 12.1. The van der Waals surface area contributed by atoms with E-state index in [9.17, 15) is 4.79 Å². The maximum atomic E-state index is 12.1. The Balaban J connectivity index is 3.10. The van der Waals surface area contributed by atoms with Crippen LogP contribution in [0.5, 0.6) is 0 Å². The smallest absolute Gasteiger partial charge is 0.329 e. The minimum atomic E-state index is -0.801. The number of benzene rings is 1. The molecule has 0 heterocycles. The fourth-order valence-electron chi connectivity index (χ4n) is 1.83. The number of rotatable bonds is 5. The van der Waals surface area contributed by atoms with Gasteiger partial charge in [-0.25, -0.2) is 4.79 Å². The minimum Gasteiger partial charge on any atom is -0.463 e. The Morgan fingerprint density at radius 3 is 2.42 bits per heavy atom. The van der Waals surface area contributed by atoms with Crippen molar-refractivity contribution in [2.45, 2.75) is 27.7 Å². The SMILES string of the molecule is C/C=C(C)/C(C)=C(\[SiH2]c1ccccc1)C(=O)OCC. The van der Waals surface area contributed by atoms with Crippen LogP contribution in [0.25, 0.3) is 0 Å². The van der Waals surface area contributed by atoms with E-state index in [2.05, 4.69) is 12.1 Å². The van der Waals surface area contributed by atoms with Gasteiger partial charge in [0.25, 0.3) is 0 Å².